The van der Waals surface area contributed by atoms with Gasteiger partial charge in [0.05, 0.1) is 11.6 Å². The van der Waals surface area contributed by atoms with Gasteiger partial charge in [-0.1, -0.05) is 25.5 Å². The normalized spacial score (nSPS) is 12.6. The lowest BCUT2D eigenvalue weighted by molar-refractivity contribution is -0.137. The van der Waals surface area contributed by atoms with Gasteiger partial charge < -0.3 is 10.6 Å². The molecule has 0 heterocycles. The third-order valence-electron chi connectivity index (χ3n) is 3.25. The van der Waals surface area contributed by atoms with Crippen molar-refractivity contribution in [1.82, 2.24) is 10.6 Å². The zero-order valence-electron chi connectivity index (χ0n) is 13.2. The Labute approximate surface area is 133 Å². The fourth-order valence-corrected chi connectivity index (χ4v) is 2.16. The van der Waals surface area contributed by atoms with Crippen LogP contribution < -0.4 is 10.6 Å². The molecule has 128 valence electrons. The number of nitrogens with one attached hydrogen (secondary N) is 2. The van der Waals surface area contributed by atoms with Crippen LogP contribution in [0.2, 0.25) is 0 Å². The molecule has 0 radical (unpaired) electrons. The van der Waals surface area contributed by atoms with Gasteiger partial charge >= 0.3 is 6.18 Å². The summed E-state index contributed by atoms with van der Waals surface area (Å²) >= 11 is 0. The Hall–Kier alpha value is -2.05. The largest absolute Gasteiger partial charge is 0.416 e. The number of carbonyl (C=O) groups excluding carboxylic acids is 2. The average Bonchev–Trinajstić information content (AvgIpc) is 2.45. The highest BCUT2D eigenvalue weighted by atomic mass is 19.4. The van der Waals surface area contributed by atoms with Crippen molar-refractivity contribution in [3.05, 3.63) is 35.4 Å². The Morgan fingerprint density at radius 3 is 2.52 bits per heavy atom. The minimum atomic E-state index is -4.41. The number of benzene rings is 1. The van der Waals surface area contributed by atoms with Crippen LogP contribution in [0, 0.1) is 0 Å². The van der Waals surface area contributed by atoms with Crippen LogP contribution in [0.15, 0.2) is 24.3 Å². The molecule has 1 atom stereocenters. The van der Waals surface area contributed by atoms with Crippen molar-refractivity contribution in [2.75, 3.05) is 6.54 Å². The van der Waals surface area contributed by atoms with Gasteiger partial charge in [-0.25, -0.2) is 0 Å². The molecule has 0 saturated carbocycles. The molecule has 1 aromatic rings. The second-order valence-corrected chi connectivity index (χ2v) is 5.26. The highest BCUT2D eigenvalue weighted by Crippen LogP contribution is 2.31. The quantitative estimate of drug-likeness (QED) is 0.807. The smallest absolute Gasteiger partial charge is 0.356 e. The predicted octanol–water partition coefficient (Wildman–Crippen LogP) is 3.19. The molecule has 1 unspecified atom stereocenters. The van der Waals surface area contributed by atoms with Crippen LogP contribution in [0.1, 0.15) is 50.3 Å². The van der Waals surface area contributed by atoms with E-state index in [0.717, 1.165) is 12.1 Å². The third-order valence-corrected chi connectivity index (χ3v) is 3.25. The molecule has 0 aliphatic carbocycles. The first-order valence-electron chi connectivity index (χ1n) is 7.45. The van der Waals surface area contributed by atoms with Gasteiger partial charge in [-0.2, -0.15) is 13.2 Å². The zero-order valence-corrected chi connectivity index (χ0v) is 13.2. The zero-order chi connectivity index (χ0) is 17.5. The maximum atomic E-state index is 12.8. The SMILES string of the molecule is CCCC(NC(=O)CCNC(C)=O)c1cccc(C(F)(F)F)c1. The predicted molar refractivity (Wildman–Crippen MR) is 80.5 cm³/mol. The summed E-state index contributed by atoms with van der Waals surface area (Å²) in [5.74, 6) is -0.546. The summed E-state index contributed by atoms with van der Waals surface area (Å²) in [5.41, 5.74) is -0.307. The van der Waals surface area contributed by atoms with Crippen LogP contribution >= 0.6 is 0 Å². The summed E-state index contributed by atoms with van der Waals surface area (Å²) in [7, 11) is 0. The molecule has 0 saturated heterocycles. The van der Waals surface area contributed by atoms with Crippen molar-refractivity contribution in [2.24, 2.45) is 0 Å². The maximum absolute atomic E-state index is 12.8. The Kier molecular flexibility index (Phi) is 7.06. The van der Waals surface area contributed by atoms with Gasteiger partial charge in [-0.05, 0) is 24.1 Å². The van der Waals surface area contributed by atoms with Gasteiger partial charge in [-0.3, -0.25) is 9.59 Å². The van der Waals surface area contributed by atoms with Crippen LogP contribution in [-0.4, -0.2) is 18.4 Å². The second kappa shape index (κ2) is 8.55. The van der Waals surface area contributed by atoms with Crippen molar-refractivity contribution in [2.45, 2.75) is 45.3 Å². The molecule has 23 heavy (non-hydrogen) atoms. The minimum Gasteiger partial charge on any atom is -0.356 e. The highest BCUT2D eigenvalue weighted by molar-refractivity contribution is 5.78. The van der Waals surface area contributed by atoms with E-state index in [9.17, 15) is 22.8 Å². The van der Waals surface area contributed by atoms with E-state index in [1.807, 2.05) is 6.92 Å². The lowest BCUT2D eigenvalue weighted by Crippen LogP contribution is -2.32. The van der Waals surface area contributed by atoms with Crippen LogP contribution in [0.4, 0.5) is 13.2 Å². The Bertz CT molecular complexity index is 544. The number of hydrogen-bond acceptors (Lipinski definition) is 2. The van der Waals surface area contributed by atoms with E-state index < -0.39 is 17.8 Å². The number of amides is 2. The fraction of sp³-hybridized carbons (Fsp3) is 0.500. The molecule has 0 aliphatic rings. The van der Waals surface area contributed by atoms with E-state index in [2.05, 4.69) is 10.6 Å². The number of carbonyl (C=O) groups is 2. The molecule has 0 spiro atoms. The highest BCUT2D eigenvalue weighted by Gasteiger charge is 2.31. The van der Waals surface area contributed by atoms with Crippen LogP contribution in [0.25, 0.3) is 0 Å². The molecule has 2 N–H and O–H groups in total. The van der Waals surface area contributed by atoms with Gasteiger partial charge in [0.2, 0.25) is 11.8 Å². The van der Waals surface area contributed by atoms with Crippen molar-refractivity contribution >= 4 is 11.8 Å². The Morgan fingerprint density at radius 1 is 1.26 bits per heavy atom. The van der Waals surface area contributed by atoms with E-state index >= 15 is 0 Å². The van der Waals surface area contributed by atoms with E-state index in [1.54, 1.807) is 6.07 Å². The molecular formula is C16H21F3N2O2. The second-order valence-electron chi connectivity index (χ2n) is 5.26. The van der Waals surface area contributed by atoms with Gasteiger partial charge in [0.15, 0.2) is 0 Å². The number of halogens is 3. The molecule has 4 nitrogen and oxygen atoms in total. The molecule has 2 amide bonds. The van der Waals surface area contributed by atoms with E-state index in [4.69, 9.17) is 0 Å². The Morgan fingerprint density at radius 2 is 1.96 bits per heavy atom. The third kappa shape index (κ3) is 6.71. The van der Waals surface area contributed by atoms with Crippen LogP contribution in [0.3, 0.4) is 0 Å². The number of rotatable bonds is 7. The molecular weight excluding hydrogens is 309 g/mol. The van der Waals surface area contributed by atoms with Crippen molar-refractivity contribution in [3.8, 4) is 0 Å². The van der Waals surface area contributed by atoms with Crippen molar-refractivity contribution in [1.29, 1.82) is 0 Å². The maximum Gasteiger partial charge on any atom is 0.416 e. The summed E-state index contributed by atoms with van der Waals surface area (Å²) in [6, 6.07) is 4.50. The monoisotopic (exact) mass is 330 g/mol. The van der Waals surface area contributed by atoms with Crippen molar-refractivity contribution < 1.29 is 22.8 Å². The summed E-state index contributed by atoms with van der Waals surface area (Å²) < 4.78 is 38.4. The fourth-order valence-electron chi connectivity index (χ4n) is 2.16. The van der Waals surface area contributed by atoms with Crippen molar-refractivity contribution in [3.63, 3.8) is 0 Å². The lowest BCUT2D eigenvalue weighted by atomic mass is 9.99. The minimum absolute atomic E-state index is 0.0821. The van der Waals surface area contributed by atoms with E-state index in [0.29, 0.717) is 18.4 Å². The first-order valence-corrected chi connectivity index (χ1v) is 7.45. The summed E-state index contributed by atoms with van der Waals surface area (Å²) in [6.45, 7) is 3.44. The van der Waals surface area contributed by atoms with E-state index in [1.165, 1.54) is 13.0 Å². The molecule has 1 aromatic carbocycles. The average molecular weight is 330 g/mol. The summed E-state index contributed by atoms with van der Waals surface area (Å²) in [4.78, 5) is 22.6. The van der Waals surface area contributed by atoms with Gasteiger partial charge in [0.25, 0.3) is 0 Å². The van der Waals surface area contributed by atoms with Crippen LogP contribution in [-0.2, 0) is 15.8 Å². The topological polar surface area (TPSA) is 58.2 Å². The molecule has 0 bridgehead atoms. The number of hydrogen-bond donors (Lipinski definition) is 2. The molecule has 1 rings (SSSR count). The van der Waals surface area contributed by atoms with Crippen LogP contribution in [0.5, 0.6) is 0 Å². The Balaban J connectivity index is 2.78. The number of alkyl halides is 3. The van der Waals surface area contributed by atoms with Gasteiger partial charge in [0, 0.05) is 19.9 Å². The molecule has 7 heteroatoms. The van der Waals surface area contributed by atoms with Gasteiger partial charge in [-0.15, -0.1) is 0 Å². The molecule has 0 fully saturated rings. The lowest BCUT2D eigenvalue weighted by Gasteiger charge is -2.20. The molecule has 0 aromatic heterocycles. The summed E-state index contributed by atoms with van der Waals surface area (Å²) in [5, 5.41) is 5.23. The van der Waals surface area contributed by atoms with Gasteiger partial charge in [0.1, 0.15) is 0 Å². The van der Waals surface area contributed by atoms with E-state index in [-0.39, 0.29) is 24.8 Å². The summed E-state index contributed by atoms with van der Waals surface area (Å²) in [6.07, 6.45) is -3.08. The molecule has 0 aliphatic heterocycles. The first kappa shape index (κ1) is 19.0. The standard InChI is InChI=1S/C16H21F3N2O2/c1-3-5-14(21-15(23)8-9-20-11(2)22)12-6-4-7-13(10-12)16(17,18)19/h4,6-7,10,14H,3,5,8-9H2,1-2H3,(H,20,22)(H,21,23). The first-order chi connectivity index (χ1) is 10.7.